The van der Waals surface area contributed by atoms with Gasteiger partial charge in [-0.3, -0.25) is 4.90 Å². The van der Waals surface area contributed by atoms with Crippen molar-refractivity contribution in [2.45, 2.75) is 48.8 Å². The number of hydrogen-bond acceptors (Lipinski definition) is 5. The van der Waals surface area contributed by atoms with E-state index in [0.717, 1.165) is 38.8 Å². The van der Waals surface area contributed by atoms with Gasteiger partial charge in [-0.2, -0.15) is 4.31 Å². The highest BCUT2D eigenvalue weighted by atomic mass is 32.2. The van der Waals surface area contributed by atoms with Crippen molar-refractivity contribution in [2.24, 2.45) is 0 Å². The van der Waals surface area contributed by atoms with Crippen LogP contribution in [0.25, 0.3) is 0 Å². The number of methoxy groups -OCH3 is 1. The van der Waals surface area contributed by atoms with Crippen LogP contribution in [-0.4, -0.2) is 63.1 Å². The minimum Gasteiger partial charge on any atom is -0.497 e. The average molecular weight is 445 g/mol. The molecule has 31 heavy (non-hydrogen) atoms. The molecule has 2 aromatic rings. The summed E-state index contributed by atoms with van der Waals surface area (Å²) in [5.41, 5.74) is 1.08. The molecule has 0 aliphatic carbocycles. The second-order valence-electron chi connectivity index (χ2n) is 8.66. The minimum absolute atomic E-state index is 0.228. The molecule has 1 spiro atoms. The minimum atomic E-state index is -3.53. The van der Waals surface area contributed by atoms with Gasteiger partial charge in [-0.05, 0) is 50.4 Å². The van der Waals surface area contributed by atoms with Gasteiger partial charge >= 0.3 is 0 Å². The van der Waals surface area contributed by atoms with Gasteiger partial charge in [0.15, 0.2) is 0 Å². The van der Waals surface area contributed by atoms with E-state index in [0.29, 0.717) is 24.9 Å². The zero-order chi connectivity index (χ0) is 21.9. The first-order chi connectivity index (χ1) is 14.9. The third kappa shape index (κ3) is 4.95. The lowest BCUT2D eigenvalue weighted by Gasteiger charge is -2.47. The Labute approximate surface area is 185 Å². The van der Waals surface area contributed by atoms with Gasteiger partial charge in [0.2, 0.25) is 10.0 Å². The molecule has 0 aromatic heterocycles. The van der Waals surface area contributed by atoms with Crippen LogP contribution in [0.3, 0.4) is 0 Å². The van der Waals surface area contributed by atoms with Crippen molar-refractivity contribution in [3.63, 3.8) is 0 Å². The zero-order valence-electron chi connectivity index (χ0n) is 18.4. The highest BCUT2D eigenvalue weighted by Gasteiger charge is 2.43. The molecule has 1 atom stereocenters. The molecule has 2 aliphatic rings. The summed E-state index contributed by atoms with van der Waals surface area (Å²) in [6, 6.07) is 17.7. The molecule has 0 bridgehead atoms. The molecule has 6 nitrogen and oxygen atoms in total. The summed E-state index contributed by atoms with van der Waals surface area (Å²) in [5, 5.41) is 0. The molecule has 1 unspecified atom stereocenters. The monoisotopic (exact) mass is 444 g/mol. The number of piperidine rings is 1. The number of rotatable bonds is 6. The van der Waals surface area contributed by atoms with Crippen LogP contribution in [0.15, 0.2) is 59.5 Å². The van der Waals surface area contributed by atoms with E-state index in [9.17, 15) is 8.42 Å². The number of benzene rings is 2. The van der Waals surface area contributed by atoms with E-state index >= 15 is 0 Å². The van der Waals surface area contributed by atoms with Crippen LogP contribution in [0, 0.1) is 0 Å². The summed E-state index contributed by atoms with van der Waals surface area (Å²) in [7, 11) is 0.190. The maximum atomic E-state index is 13.1. The van der Waals surface area contributed by atoms with Crippen LogP contribution in [-0.2, 0) is 21.3 Å². The van der Waals surface area contributed by atoms with Gasteiger partial charge in [0, 0.05) is 38.3 Å². The molecule has 2 heterocycles. The third-order valence-corrected chi connectivity index (χ3v) is 8.57. The number of hydrogen-bond donors (Lipinski definition) is 0. The maximum Gasteiger partial charge on any atom is 0.243 e. The van der Waals surface area contributed by atoms with Crippen LogP contribution in [0.5, 0.6) is 5.75 Å². The van der Waals surface area contributed by atoms with Gasteiger partial charge in [-0.1, -0.05) is 36.4 Å². The van der Waals surface area contributed by atoms with Crippen LogP contribution < -0.4 is 4.74 Å². The highest BCUT2D eigenvalue weighted by Crippen LogP contribution is 2.38. The summed E-state index contributed by atoms with van der Waals surface area (Å²) in [6.45, 7) is 2.60. The number of sulfonamides is 1. The van der Waals surface area contributed by atoms with Gasteiger partial charge in [-0.25, -0.2) is 8.42 Å². The first kappa shape index (κ1) is 22.3. The Morgan fingerprint density at radius 1 is 1.13 bits per heavy atom. The van der Waals surface area contributed by atoms with Gasteiger partial charge in [0.25, 0.3) is 0 Å². The van der Waals surface area contributed by atoms with Gasteiger partial charge in [-0.15, -0.1) is 0 Å². The Morgan fingerprint density at radius 3 is 2.58 bits per heavy atom. The van der Waals surface area contributed by atoms with Crippen LogP contribution in [0.4, 0.5) is 0 Å². The standard InChI is InChI=1S/C24H32N2O4S/c1-25(19-20-7-4-3-5-8-20)21-11-16-30-24(18-21)12-14-26(15-13-24)31(27,28)23-10-6-9-22(17-23)29-2/h3-10,17,21H,11-16,18-19H2,1-2H3. The fourth-order valence-corrected chi connectivity index (χ4v) is 6.25. The fourth-order valence-electron chi connectivity index (χ4n) is 4.77. The maximum absolute atomic E-state index is 13.1. The predicted molar refractivity (Wildman–Crippen MR) is 121 cm³/mol. The molecular weight excluding hydrogens is 412 g/mol. The molecule has 2 fully saturated rings. The molecule has 0 amide bonds. The first-order valence-electron chi connectivity index (χ1n) is 10.9. The van der Waals surface area contributed by atoms with Crippen molar-refractivity contribution in [2.75, 3.05) is 33.9 Å². The van der Waals surface area contributed by atoms with Crippen LogP contribution in [0.2, 0.25) is 0 Å². The first-order valence-corrected chi connectivity index (χ1v) is 12.4. The van der Waals surface area contributed by atoms with E-state index in [2.05, 4.69) is 36.2 Å². The Kier molecular flexibility index (Phi) is 6.67. The summed E-state index contributed by atoms with van der Waals surface area (Å²) in [6.07, 6.45) is 3.41. The van der Waals surface area contributed by atoms with E-state index in [1.54, 1.807) is 35.7 Å². The molecule has 2 saturated heterocycles. The van der Waals surface area contributed by atoms with Crippen LogP contribution >= 0.6 is 0 Å². The number of ether oxygens (including phenoxy) is 2. The SMILES string of the molecule is COc1cccc(S(=O)(=O)N2CCC3(CC2)CC(N(C)Cc2ccccc2)CCO3)c1. The van der Waals surface area contributed by atoms with E-state index in [4.69, 9.17) is 9.47 Å². The summed E-state index contributed by atoms with van der Waals surface area (Å²) in [4.78, 5) is 2.70. The lowest BCUT2D eigenvalue weighted by atomic mass is 9.82. The van der Waals surface area contributed by atoms with E-state index in [-0.39, 0.29) is 10.5 Å². The molecule has 7 heteroatoms. The molecule has 0 saturated carbocycles. The highest BCUT2D eigenvalue weighted by molar-refractivity contribution is 7.89. The lowest BCUT2D eigenvalue weighted by molar-refractivity contribution is -0.125. The van der Waals surface area contributed by atoms with Crippen molar-refractivity contribution in [3.8, 4) is 5.75 Å². The average Bonchev–Trinajstić information content (AvgIpc) is 2.80. The zero-order valence-corrected chi connectivity index (χ0v) is 19.2. The Hall–Kier alpha value is -1.93. The second kappa shape index (κ2) is 9.28. The van der Waals surface area contributed by atoms with Crippen molar-refractivity contribution < 1.29 is 17.9 Å². The predicted octanol–water partition coefficient (Wildman–Crippen LogP) is 3.53. The van der Waals surface area contributed by atoms with Crippen molar-refractivity contribution >= 4 is 10.0 Å². The lowest BCUT2D eigenvalue weighted by Crippen LogP contribution is -2.53. The summed E-state index contributed by atoms with van der Waals surface area (Å²) in [5.74, 6) is 0.550. The quantitative estimate of drug-likeness (QED) is 0.682. The molecule has 0 N–H and O–H groups in total. The Morgan fingerprint density at radius 2 is 1.87 bits per heavy atom. The number of nitrogens with zero attached hydrogens (tertiary/aromatic N) is 2. The molecule has 4 rings (SSSR count). The smallest absolute Gasteiger partial charge is 0.243 e. The van der Waals surface area contributed by atoms with E-state index in [1.165, 1.54) is 5.56 Å². The van der Waals surface area contributed by atoms with Gasteiger partial charge in [0.05, 0.1) is 17.6 Å². The fraction of sp³-hybridized carbons (Fsp3) is 0.500. The molecule has 2 aliphatic heterocycles. The third-order valence-electron chi connectivity index (χ3n) is 6.68. The van der Waals surface area contributed by atoms with E-state index in [1.807, 2.05) is 6.07 Å². The Balaban J connectivity index is 1.40. The van der Waals surface area contributed by atoms with Crippen molar-refractivity contribution in [1.29, 1.82) is 0 Å². The Bertz CT molecular complexity index is 972. The molecule has 168 valence electrons. The van der Waals surface area contributed by atoms with Crippen LogP contribution in [0.1, 0.15) is 31.2 Å². The van der Waals surface area contributed by atoms with Crippen molar-refractivity contribution in [1.82, 2.24) is 9.21 Å². The second-order valence-corrected chi connectivity index (χ2v) is 10.6. The molecule has 2 aromatic carbocycles. The largest absolute Gasteiger partial charge is 0.497 e. The normalized spacial score (nSPS) is 22.0. The topological polar surface area (TPSA) is 59.1 Å². The summed E-state index contributed by atoms with van der Waals surface area (Å²) < 4.78 is 39.3. The van der Waals surface area contributed by atoms with Gasteiger partial charge in [0.1, 0.15) is 5.75 Å². The van der Waals surface area contributed by atoms with E-state index < -0.39 is 10.0 Å². The van der Waals surface area contributed by atoms with Gasteiger partial charge < -0.3 is 9.47 Å². The molecular formula is C24H32N2O4S. The summed E-state index contributed by atoms with van der Waals surface area (Å²) >= 11 is 0. The van der Waals surface area contributed by atoms with Crippen molar-refractivity contribution in [3.05, 3.63) is 60.2 Å². The molecule has 0 radical (unpaired) electrons.